The predicted molar refractivity (Wildman–Crippen MR) is 119 cm³/mol. The van der Waals surface area contributed by atoms with E-state index in [1.165, 1.54) is 43.9 Å². The van der Waals surface area contributed by atoms with Crippen LogP contribution in [0, 0.1) is 13.8 Å². The highest BCUT2D eigenvalue weighted by Crippen LogP contribution is 2.32. The molecule has 3 aromatic rings. The van der Waals surface area contributed by atoms with Crippen LogP contribution >= 0.6 is 23.1 Å². The summed E-state index contributed by atoms with van der Waals surface area (Å²) in [4.78, 5) is 17.0. The second-order valence-corrected chi connectivity index (χ2v) is 9.37. The zero-order chi connectivity index (χ0) is 20.2. The molecule has 1 aliphatic carbocycles. The molecule has 4 rings (SSSR count). The quantitative estimate of drug-likeness (QED) is 0.544. The van der Waals surface area contributed by atoms with Crippen molar-refractivity contribution in [1.82, 2.24) is 19.7 Å². The van der Waals surface area contributed by atoms with E-state index < -0.39 is 0 Å². The number of rotatable bonds is 6. The minimum absolute atomic E-state index is 0.0440. The highest BCUT2D eigenvalue weighted by Gasteiger charge is 2.21. The molecule has 1 aromatic carbocycles. The van der Waals surface area contributed by atoms with E-state index in [2.05, 4.69) is 25.1 Å². The van der Waals surface area contributed by atoms with E-state index in [-0.39, 0.29) is 5.91 Å². The van der Waals surface area contributed by atoms with Crippen molar-refractivity contribution >= 4 is 34.7 Å². The van der Waals surface area contributed by atoms with Gasteiger partial charge in [-0.05, 0) is 38.8 Å². The van der Waals surface area contributed by atoms with Crippen LogP contribution < -0.4 is 5.32 Å². The number of carbonyl (C=O) groups excluding carboxylic acids is 1. The SMILES string of the molecule is Cc1nc(-c2cccc(NC(=O)CSc3nnc(C)n3C3CCCCC3)c2)cs1. The van der Waals surface area contributed by atoms with E-state index in [0.717, 1.165) is 32.9 Å². The van der Waals surface area contributed by atoms with Crippen molar-refractivity contribution in [1.29, 1.82) is 0 Å². The summed E-state index contributed by atoms with van der Waals surface area (Å²) in [6.07, 6.45) is 6.15. The molecule has 1 aliphatic rings. The van der Waals surface area contributed by atoms with Gasteiger partial charge in [-0.15, -0.1) is 21.5 Å². The van der Waals surface area contributed by atoms with Crippen molar-refractivity contribution in [3.05, 3.63) is 40.5 Å². The Labute approximate surface area is 179 Å². The van der Waals surface area contributed by atoms with Crippen LogP contribution in [-0.4, -0.2) is 31.4 Å². The second-order valence-electron chi connectivity index (χ2n) is 7.36. The van der Waals surface area contributed by atoms with E-state index in [1.54, 1.807) is 11.3 Å². The molecular formula is C21H25N5OS2. The Morgan fingerprint density at radius 1 is 1.24 bits per heavy atom. The molecular weight excluding hydrogens is 402 g/mol. The van der Waals surface area contributed by atoms with Gasteiger partial charge in [0.2, 0.25) is 5.91 Å². The van der Waals surface area contributed by atoms with Gasteiger partial charge in [0.1, 0.15) is 5.82 Å². The number of aromatic nitrogens is 4. The highest BCUT2D eigenvalue weighted by molar-refractivity contribution is 7.99. The molecule has 2 aromatic heterocycles. The van der Waals surface area contributed by atoms with Crippen molar-refractivity contribution in [2.24, 2.45) is 0 Å². The monoisotopic (exact) mass is 427 g/mol. The lowest BCUT2D eigenvalue weighted by Gasteiger charge is -2.24. The molecule has 29 heavy (non-hydrogen) atoms. The van der Waals surface area contributed by atoms with Gasteiger partial charge in [0.15, 0.2) is 5.16 Å². The predicted octanol–water partition coefficient (Wildman–Crippen LogP) is 5.25. The van der Waals surface area contributed by atoms with Crippen molar-refractivity contribution in [2.75, 3.05) is 11.1 Å². The van der Waals surface area contributed by atoms with Crippen molar-refractivity contribution < 1.29 is 4.79 Å². The normalized spacial score (nSPS) is 14.8. The van der Waals surface area contributed by atoms with Gasteiger partial charge in [0.05, 0.1) is 16.5 Å². The molecule has 152 valence electrons. The Balaban J connectivity index is 1.39. The molecule has 1 saturated carbocycles. The molecule has 0 radical (unpaired) electrons. The fourth-order valence-electron chi connectivity index (χ4n) is 3.79. The van der Waals surface area contributed by atoms with E-state index in [4.69, 9.17) is 0 Å². The third kappa shape index (κ3) is 4.87. The summed E-state index contributed by atoms with van der Waals surface area (Å²) in [5.41, 5.74) is 2.73. The molecule has 0 saturated heterocycles. The molecule has 2 heterocycles. The Kier molecular flexibility index (Phi) is 6.30. The lowest BCUT2D eigenvalue weighted by atomic mass is 9.95. The largest absolute Gasteiger partial charge is 0.325 e. The molecule has 8 heteroatoms. The van der Waals surface area contributed by atoms with Gasteiger partial charge in [-0.25, -0.2) is 4.98 Å². The number of amides is 1. The van der Waals surface area contributed by atoms with E-state index in [1.807, 2.05) is 43.5 Å². The lowest BCUT2D eigenvalue weighted by molar-refractivity contribution is -0.113. The number of nitrogens with one attached hydrogen (secondary N) is 1. The average molecular weight is 428 g/mol. The Morgan fingerprint density at radius 3 is 2.83 bits per heavy atom. The number of nitrogens with zero attached hydrogens (tertiary/aromatic N) is 4. The third-order valence-corrected chi connectivity index (χ3v) is 6.88. The number of benzene rings is 1. The Morgan fingerprint density at radius 2 is 2.07 bits per heavy atom. The van der Waals surface area contributed by atoms with Crippen LogP contribution in [0.5, 0.6) is 0 Å². The average Bonchev–Trinajstić information content (AvgIpc) is 3.33. The van der Waals surface area contributed by atoms with E-state index in [9.17, 15) is 4.79 Å². The summed E-state index contributed by atoms with van der Waals surface area (Å²) in [6.45, 7) is 3.99. The molecule has 0 bridgehead atoms. The fourth-order valence-corrected chi connectivity index (χ4v) is 5.26. The van der Waals surface area contributed by atoms with Gasteiger partial charge in [0, 0.05) is 22.7 Å². The standard InChI is InChI=1S/C21H25N5OS2/c1-14-24-25-21(26(14)18-9-4-3-5-10-18)29-13-20(27)23-17-8-6-7-16(11-17)19-12-28-15(2)22-19/h6-8,11-12,18H,3-5,9-10,13H2,1-2H3,(H,23,27). The molecule has 1 N–H and O–H groups in total. The first-order valence-corrected chi connectivity index (χ1v) is 11.8. The first-order valence-electron chi connectivity index (χ1n) is 9.97. The van der Waals surface area contributed by atoms with Crippen LogP contribution in [0.2, 0.25) is 0 Å². The van der Waals surface area contributed by atoms with Crippen LogP contribution in [0.15, 0.2) is 34.8 Å². The van der Waals surface area contributed by atoms with Crippen LogP contribution in [0.1, 0.15) is 49.0 Å². The molecule has 0 spiro atoms. The number of thioether (sulfide) groups is 1. The number of hydrogen-bond acceptors (Lipinski definition) is 6. The summed E-state index contributed by atoms with van der Waals surface area (Å²) in [7, 11) is 0. The smallest absolute Gasteiger partial charge is 0.234 e. The summed E-state index contributed by atoms with van der Waals surface area (Å²) in [6, 6.07) is 8.28. The molecule has 1 amide bonds. The minimum atomic E-state index is -0.0440. The number of thiazole rings is 1. The van der Waals surface area contributed by atoms with Crippen molar-refractivity contribution in [3.8, 4) is 11.3 Å². The van der Waals surface area contributed by atoms with Gasteiger partial charge in [-0.3, -0.25) is 4.79 Å². The van der Waals surface area contributed by atoms with Gasteiger partial charge in [0.25, 0.3) is 0 Å². The maximum Gasteiger partial charge on any atom is 0.234 e. The Hall–Kier alpha value is -2.19. The van der Waals surface area contributed by atoms with Gasteiger partial charge >= 0.3 is 0 Å². The number of anilines is 1. The van der Waals surface area contributed by atoms with Crippen LogP contribution in [0.3, 0.4) is 0 Å². The van der Waals surface area contributed by atoms with E-state index >= 15 is 0 Å². The summed E-state index contributed by atoms with van der Waals surface area (Å²) in [5, 5.41) is 15.5. The maximum absolute atomic E-state index is 12.5. The fraction of sp³-hybridized carbons (Fsp3) is 0.429. The summed E-state index contributed by atoms with van der Waals surface area (Å²) >= 11 is 3.08. The maximum atomic E-state index is 12.5. The van der Waals surface area contributed by atoms with Gasteiger partial charge in [-0.1, -0.05) is 43.2 Å². The summed E-state index contributed by atoms with van der Waals surface area (Å²) in [5.74, 6) is 1.20. The highest BCUT2D eigenvalue weighted by atomic mass is 32.2. The molecule has 0 unspecified atom stereocenters. The Bertz CT molecular complexity index is 991. The number of hydrogen-bond donors (Lipinski definition) is 1. The number of aryl methyl sites for hydroxylation is 2. The van der Waals surface area contributed by atoms with Crippen LogP contribution in [-0.2, 0) is 4.79 Å². The van der Waals surface area contributed by atoms with Crippen LogP contribution in [0.4, 0.5) is 5.69 Å². The second kappa shape index (κ2) is 9.09. The van der Waals surface area contributed by atoms with Gasteiger partial charge in [-0.2, -0.15) is 0 Å². The zero-order valence-electron chi connectivity index (χ0n) is 16.7. The van der Waals surface area contributed by atoms with Crippen LogP contribution in [0.25, 0.3) is 11.3 Å². The summed E-state index contributed by atoms with van der Waals surface area (Å²) < 4.78 is 2.22. The topological polar surface area (TPSA) is 72.7 Å². The molecule has 0 aliphatic heterocycles. The zero-order valence-corrected chi connectivity index (χ0v) is 18.4. The molecule has 0 atom stereocenters. The number of carbonyl (C=O) groups is 1. The van der Waals surface area contributed by atoms with Crippen molar-refractivity contribution in [3.63, 3.8) is 0 Å². The third-order valence-electron chi connectivity index (χ3n) is 5.17. The molecule has 6 nitrogen and oxygen atoms in total. The first kappa shape index (κ1) is 20.1. The van der Waals surface area contributed by atoms with Crippen molar-refractivity contribution in [2.45, 2.75) is 57.1 Å². The lowest BCUT2D eigenvalue weighted by Crippen LogP contribution is -2.17. The minimum Gasteiger partial charge on any atom is -0.325 e. The van der Waals surface area contributed by atoms with E-state index in [0.29, 0.717) is 11.8 Å². The first-order chi connectivity index (χ1) is 14.1. The van der Waals surface area contributed by atoms with Gasteiger partial charge < -0.3 is 9.88 Å². The molecule has 1 fully saturated rings.